The molecule has 0 bridgehead atoms. The second kappa shape index (κ2) is 8.02. The van der Waals surface area contributed by atoms with Crippen LogP contribution in [0.2, 0.25) is 0 Å². The normalized spacial score (nSPS) is 12.3. The van der Waals surface area contributed by atoms with E-state index in [-0.39, 0.29) is 0 Å². The Morgan fingerprint density at radius 3 is 2.58 bits per heavy atom. The second-order valence-electron chi connectivity index (χ2n) is 4.90. The van der Waals surface area contributed by atoms with Gasteiger partial charge in [0.15, 0.2) is 0 Å². The summed E-state index contributed by atoms with van der Waals surface area (Å²) in [4.78, 5) is 0. The number of rotatable bonds is 8. The maximum absolute atomic E-state index is 5.55. The standard InChI is InChI=1S/C15H26N2O2/c1-11(7-8-16)9-17-10-13-5-6-14(18-3)12(2)15(13)19-4/h5-6,11,17H,7-10,16H2,1-4H3. The summed E-state index contributed by atoms with van der Waals surface area (Å²) in [5.41, 5.74) is 7.74. The van der Waals surface area contributed by atoms with Crippen molar-refractivity contribution in [3.8, 4) is 11.5 Å². The first-order valence-electron chi connectivity index (χ1n) is 6.75. The summed E-state index contributed by atoms with van der Waals surface area (Å²) in [5.74, 6) is 2.35. The molecular formula is C15H26N2O2. The van der Waals surface area contributed by atoms with E-state index in [1.54, 1.807) is 14.2 Å². The van der Waals surface area contributed by atoms with Crippen LogP contribution < -0.4 is 20.5 Å². The van der Waals surface area contributed by atoms with E-state index in [9.17, 15) is 0 Å². The Labute approximate surface area is 116 Å². The minimum Gasteiger partial charge on any atom is -0.496 e. The van der Waals surface area contributed by atoms with Gasteiger partial charge in [-0.1, -0.05) is 13.0 Å². The molecule has 0 aliphatic rings. The van der Waals surface area contributed by atoms with Crippen LogP contribution in [0.1, 0.15) is 24.5 Å². The van der Waals surface area contributed by atoms with Gasteiger partial charge in [-0.15, -0.1) is 0 Å². The summed E-state index contributed by atoms with van der Waals surface area (Å²) >= 11 is 0. The number of methoxy groups -OCH3 is 2. The number of nitrogens with two attached hydrogens (primary N) is 1. The van der Waals surface area contributed by atoms with E-state index in [4.69, 9.17) is 15.2 Å². The third-order valence-electron chi connectivity index (χ3n) is 3.33. The van der Waals surface area contributed by atoms with Crippen LogP contribution in [0, 0.1) is 12.8 Å². The molecule has 0 fully saturated rings. The van der Waals surface area contributed by atoms with Crippen molar-refractivity contribution in [2.24, 2.45) is 11.7 Å². The Balaban J connectivity index is 2.65. The maximum Gasteiger partial charge on any atom is 0.129 e. The molecule has 0 radical (unpaired) electrons. The van der Waals surface area contributed by atoms with Crippen LogP contribution in [0.5, 0.6) is 11.5 Å². The molecule has 4 nitrogen and oxygen atoms in total. The van der Waals surface area contributed by atoms with E-state index in [0.29, 0.717) is 5.92 Å². The molecule has 1 unspecified atom stereocenters. The molecule has 1 rings (SSSR count). The summed E-state index contributed by atoms with van der Waals surface area (Å²) < 4.78 is 10.8. The van der Waals surface area contributed by atoms with Crippen LogP contribution in [-0.4, -0.2) is 27.3 Å². The Hall–Kier alpha value is -1.26. The van der Waals surface area contributed by atoms with Gasteiger partial charge < -0.3 is 20.5 Å². The molecule has 1 aromatic carbocycles. The number of hydrogen-bond acceptors (Lipinski definition) is 4. The minimum atomic E-state index is 0.593. The summed E-state index contributed by atoms with van der Waals surface area (Å²) in [6, 6.07) is 4.03. The molecule has 1 atom stereocenters. The van der Waals surface area contributed by atoms with Gasteiger partial charge >= 0.3 is 0 Å². The average molecular weight is 266 g/mol. The molecule has 19 heavy (non-hydrogen) atoms. The summed E-state index contributed by atoms with van der Waals surface area (Å²) in [6.45, 7) is 6.72. The molecule has 0 amide bonds. The summed E-state index contributed by atoms with van der Waals surface area (Å²) in [7, 11) is 3.37. The largest absolute Gasteiger partial charge is 0.496 e. The van der Waals surface area contributed by atoms with Crippen LogP contribution >= 0.6 is 0 Å². The fourth-order valence-corrected chi connectivity index (χ4v) is 2.21. The smallest absolute Gasteiger partial charge is 0.129 e. The van der Waals surface area contributed by atoms with Crippen LogP contribution in [0.4, 0.5) is 0 Å². The van der Waals surface area contributed by atoms with Gasteiger partial charge in [0.05, 0.1) is 14.2 Å². The third kappa shape index (κ3) is 4.40. The highest BCUT2D eigenvalue weighted by Crippen LogP contribution is 2.31. The van der Waals surface area contributed by atoms with Crippen molar-refractivity contribution in [3.05, 3.63) is 23.3 Å². The first-order valence-corrected chi connectivity index (χ1v) is 6.75. The van der Waals surface area contributed by atoms with Crippen LogP contribution in [0.3, 0.4) is 0 Å². The molecule has 0 aliphatic heterocycles. The Kier molecular flexibility index (Phi) is 6.67. The van der Waals surface area contributed by atoms with Gasteiger partial charge in [-0.05, 0) is 38.4 Å². The van der Waals surface area contributed by atoms with Crippen LogP contribution in [-0.2, 0) is 6.54 Å². The van der Waals surface area contributed by atoms with Gasteiger partial charge in [0.1, 0.15) is 11.5 Å². The van der Waals surface area contributed by atoms with Gasteiger partial charge in [0, 0.05) is 17.7 Å². The van der Waals surface area contributed by atoms with Crippen LogP contribution in [0.25, 0.3) is 0 Å². The topological polar surface area (TPSA) is 56.5 Å². The SMILES string of the molecule is COc1ccc(CNCC(C)CCN)c(OC)c1C. The van der Waals surface area contributed by atoms with Crippen molar-refractivity contribution in [3.63, 3.8) is 0 Å². The Bertz CT molecular complexity index is 394. The Morgan fingerprint density at radius 2 is 2.00 bits per heavy atom. The minimum absolute atomic E-state index is 0.593. The van der Waals surface area contributed by atoms with E-state index >= 15 is 0 Å². The zero-order valence-corrected chi connectivity index (χ0v) is 12.5. The Morgan fingerprint density at radius 1 is 1.26 bits per heavy atom. The number of ether oxygens (including phenoxy) is 2. The van der Waals surface area contributed by atoms with Crippen molar-refractivity contribution in [1.29, 1.82) is 0 Å². The predicted octanol–water partition coefficient (Wildman–Crippen LogP) is 2.09. The highest BCUT2D eigenvalue weighted by molar-refractivity contribution is 5.49. The van der Waals surface area contributed by atoms with Crippen LogP contribution in [0.15, 0.2) is 12.1 Å². The quantitative estimate of drug-likeness (QED) is 0.756. The molecule has 0 saturated heterocycles. The monoisotopic (exact) mass is 266 g/mol. The third-order valence-corrected chi connectivity index (χ3v) is 3.33. The number of nitrogens with one attached hydrogen (secondary N) is 1. The van der Waals surface area contributed by atoms with Crippen molar-refractivity contribution in [2.45, 2.75) is 26.8 Å². The van der Waals surface area contributed by atoms with E-state index in [2.05, 4.69) is 12.2 Å². The lowest BCUT2D eigenvalue weighted by Gasteiger charge is -2.16. The van der Waals surface area contributed by atoms with Crippen molar-refractivity contribution < 1.29 is 9.47 Å². The molecule has 0 heterocycles. The van der Waals surface area contributed by atoms with Crippen molar-refractivity contribution in [2.75, 3.05) is 27.3 Å². The molecule has 1 aromatic rings. The fraction of sp³-hybridized carbons (Fsp3) is 0.600. The molecule has 0 aliphatic carbocycles. The van der Waals surface area contributed by atoms with Crippen molar-refractivity contribution in [1.82, 2.24) is 5.32 Å². The molecule has 3 N–H and O–H groups in total. The van der Waals surface area contributed by atoms with Gasteiger partial charge in [0.2, 0.25) is 0 Å². The van der Waals surface area contributed by atoms with Gasteiger partial charge in [-0.25, -0.2) is 0 Å². The van der Waals surface area contributed by atoms with Crippen molar-refractivity contribution >= 4 is 0 Å². The van der Waals surface area contributed by atoms with E-state index in [1.165, 1.54) is 0 Å². The van der Waals surface area contributed by atoms with Gasteiger partial charge in [0.25, 0.3) is 0 Å². The summed E-state index contributed by atoms with van der Waals surface area (Å²) in [6.07, 6.45) is 1.05. The first kappa shape index (κ1) is 15.8. The molecular weight excluding hydrogens is 240 g/mol. The summed E-state index contributed by atoms with van der Waals surface area (Å²) in [5, 5.41) is 3.45. The van der Waals surface area contributed by atoms with Gasteiger partial charge in [-0.2, -0.15) is 0 Å². The highest BCUT2D eigenvalue weighted by atomic mass is 16.5. The number of hydrogen-bond donors (Lipinski definition) is 2. The zero-order valence-electron chi connectivity index (χ0n) is 12.5. The molecule has 108 valence electrons. The van der Waals surface area contributed by atoms with E-state index in [0.717, 1.165) is 48.7 Å². The highest BCUT2D eigenvalue weighted by Gasteiger charge is 2.11. The second-order valence-corrected chi connectivity index (χ2v) is 4.90. The maximum atomic E-state index is 5.55. The molecule has 0 aromatic heterocycles. The fourth-order valence-electron chi connectivity index (χ4n) is 2.21. The number of benzene rings is 1. The van der Waals surface area contributed by atoms with E-state index in [1.807, 2.05) is 19.1 Å². The molecule has 4 heteroatoms. The molecule has 0 saturated carbocycles. The predicted molar refractivity (Wildman–Crippen MR) is 78.8 cm³/mol. The first-order chi connectivity index (χ1) is 9.13. The lowest BCUT2D eigenvalue weighted by Crippen LogP contribution is -2.22. The van der Waals surface area contributed by atoms with E-state index < -0.39 is 0 Å². The lowest BCUT2D eigenvalue weighted by atomic mass is 10.1. The zero-order chi connectivity index (χ0) is 14.3. The lowest BCUT2D eigenvalue weighted by molar-refractivity contribution is 0.383. The molecule has 0 spiro atoms. The average Bonchev–Trinajstić information content (AvgIpc) is 2.39. The van der Waals surface area contributed by atoms with Gasteiger partial charge in [-0.3, -0.25) is 0 Å².